The fourth-order valence-corrected chi connectivity index (χ4v) is 3.36. The number of likely N-dealkylation sites (N-methyl/N-ethyl adjacent to an activating group) is 1. The molecule has 2 N–H and O–H groups in total. The predicted molar refractivity (Wildman–Crippen MR) is 108 cm³/mol. The van der Waals surface area contributed by atoms with Crippen LogP contribution in [0.25, 0.3) is 0 Å². The number of carbonyl (C=O) groups excluding carboxylic acids is 2. The van der Waals surface area contributed by atoms with E-state index in [1.165, 1.54) is 0 Å². The van der Waals surface area contributed by atoms with Crippen molar-refractivity contribution in [2.45, 2.75) is 12.6 Å². The largest absolute Gasteiger partial charge is 0.493 e. The van der Waals surface area contributed by atoms with Gasteiger partial charge in [-0.1, -0.05) is 24.3 Å². The van der Waals surface area contributed by atoms with Gasteiger partial charge in [-0.2, -0.15) is 0 Å². The molecule has 29 heavy (non-hydrogen) atoms. The molecule has 2 aromatic carbocycles. The Balaban J connectivity index is 1.75. The van der Waals surface area contributed by atoms with Gasteiger partial charge in [0.1, 0.15) is 5.75 Å². The number of methoxy groups -OCH3 is 2. The molecule has 1 heterocycles. The molecule has 2 aromatic rings. The third-order valence-corrected chi connectivity index (χ3v) is 4.72. The molecule has 8 nitrogen and oxygen atoms in total. The summed E-state index contributed by atoms with van der Waals surface area (Å²) in [5.41, 5.74) is 6.94. The van der Waals surface area contributed by atoms with Crippen LogP contribution in [0.4, 0.5) is 5.69 Å². The zero-order valence-corrected chi connectivity index (χ0v) is 16.8. The van der Waals surface area contributed by atoms with Crippen LogP contribution in [0, 0.1) is 0 Å². The highest BCUT2D eigenvalue weighted by Crippen LogP contribution is 2.34. The normalized spacial score (nSPS) is 15.4. The minimum Gasteiger partial charge on any atom is -0.493 e. The number of nitrogens with zero attached hydrogens (tertiary/aromatic N) is 2. The maximum Gasteiger partial charge on any atom is 0.260 e. The Morgan fingerprint density at radius 3 is 2.62 bits per heavy atom. The number of hydrogen-bond donors (Lipinski definition) is 1. The summed E-state index contributed by atoms with van der Waals surface area (Å²) in [4.78, 5) is 28.1. The number of carbonyl (C=O) groups is 2. The van der Waals surface area contributed by atoms with E-state index in [4.69, 9.17) is 19.9 Å². The average Bonchev–Trinajstić information content (AvgIpc) is 2.72. The Bertz CT molecular complexity index is 902. The van der Waals surface area contributed by atoms with Gasteiger partial charge in [0.2, 0.25) is 5.91 Å². The van der Waals surface area contributed by atoms with Gasteiger partial charge in [-0.05, 0) is 25.2 Å². The molecule has 1 aliphatic heterocycles. The van der Waals surface area contributed by atoms with Gasteiger partial charge in [0, 0.05) is 12.1 Å². The molecule has 1 atom stereocenters. The lowest BCUT2D eigenvalue weighted by molar-refractivity contribution is -0.125. The van der Waals surface area contributed by atoms with Crippen LogP contribution in [-0.2, 0) is 16.1 Å². The molecule has 1 aliphatic rings. The Labute approximate surface area is 169 Å². The van der Waals surface area contributed by atoms with Crippen LogP contribution in [0.2, 0.25) is 0 Å². The highest BCUT2D eigenvalue weighted by molar-refractivity contribution is 5.98. The van der Waals surface area contributed by atoms with Gasteiger partial charge in [0.25, 0.3) is 5.91 Å². The summed E-state index contributed by atoms with van der Waals surface area (Å²) in [6.07, 6.45) is -0.877. The molecule has 3 rings (SSSR count). The molecule has 0 saturated carbocycles. The van der Waals surface area contributed by atoms with Gasteiger partial charge < -0.3 is 24.8 Å². The van der Waals surface area contributed by atoms with Crippen LogP contribution in [0.3, 0.4) is 0 Å². The summed E-state index contributed by atoms with van der Waals surface area (Å²) in [5, 5.41) is 0. The van der Waals surface area contributed by atoms with Crippen molar-refractivity contribution in [1.82, 2.24) is 4.90 Å². The number of primary amides is 1. The summed E-state index contributed by atoms with van der Waals surface area (Å²) in [6.45, 7) is 0.707. The predicted octanol–water partition coefficient (Wildman–Crippen LogP) is 1.42. The van der Waals surface area contributed by atoms with E-state index < -0.39 is 12.0 Å². The Morgan fingerprint density at radius 2 is 1.93 bits per heavy atom. The number of benzene rings is 2. The molecule has 0 aromatic heterocycles. The zero-order valence-electron chi connectivity index (χ0n) is 16.8. The van der Waals surface area contributed by atoms with E-state index >= 15 is 0 Å². The van der Waals surface area contributed by atoms with E-state index in [-0.39, 0.29) is 19.0 Å². The van der Waals surface area contributed by atoms with Crippen molar-refractivity contribution in [3.05, 3.63) is 48.0 Å². The van der Waals surface area contributed by atoms with Gasteiger partial charge in [-0.3, -0.25) is 14.5 Å². The maximum absolute atomic E-state index is 13.0. The lowest BCUT2D eigenvalue weighted by atomic mass is 10.1. The monoisotopic (exact) mass is 399 g/mol. The third-order valence-electron chi connectivity index (χ3n) is 4.72. The smallest absolute Gasteiger partial charge is 0.260 e. The van der Waals surface area contributed by atoms with Crippen LogP contribution >= 0.6 is 0 Å². The van der Waals surface area contributed by atoms with E-state index in [0.717, 1.165) is 5.56 Å². The van der Waals surface area contributed by atoms with E-state index in [1.54, 1.807) is 37.3 Å². The number of fused-ring (bicyclic) bond motifs is 1. The van der Waals surface area contributed by atoms with Gasteiger partial charge in [-0.15, -0.1) is 0 Å². The number of para-hydroxylation sites is 3. The molecule has 8 heteroatoms. The van der Waals surface area contributed by atoms with Crippen molar-refractivity contribution >= 4 is 17.5 Å². The highest BCUT2D eigenvalue weighted by atomic mass is 16.5. The number of hydrogen-bond acceptors (Lipinski definition) is 6. The maximum atomic E-state index is 13.0. The Hall–Kier alpha value is -3.26. The molecule has 0 fully saturated rings. The second-order valence-corrected chi connectivity index (χ2v) is 6.81. The molecule has 0 saturated heterocycles. The zero-order chi connectivity index (χ0) is 21.0. The SMILES string of the molecule is COc1cccc(CN(C)CC(=O)N2C[C@H](C(N)=O)Oc3ccccc32)c1OC. The first-order valence-corrected chi connectivity index (χ1v) is 9.18. The van der Waals surface area contributed by atoms with Crippen molar-refractivity contribution in [3.63, 3.8) is 0 Å². The van der Waals surface area contributed by atoms with E-state index in [2.05, 4.69) is 0 Å². The summed E-state index contributed by atoms with van der Waals surface area (Å²) in [6, 6.07) is 12.7. The molecule has 154 valence electrons. The number of amides is 2. The number of nitrogens with two attached hydrogens (primary N) is 1. The second kappa shape index (κ2) is 8.83. The number of rotatable bonds is 7. The van der Waals surface area contributed by atoms with Gasteiger partial charge in [0.15, 0.2) is 17.6 Å². The van der Waals surface area contributed by atoms with Gasteiger partial charge in [0.05, 0.1) is 33.0 Å². The molecule has 0 bridgehead atoms. The summed E-state index contributed by atoms with van der Waals surface area (Å²) >= 11 is 0. The summed E-state index contributed by atoms with van der Waals surface area (Å²) in [5.74, 6) is 0.979. The van der Waals surface area contributed by atoms with Crippen molar-refractivity contribution < 1.29 is 23.8 Å². The quantitative estimate of drug-likeness (QED) is 0.757. The summed E-state index contributed by atoms with van der Waals surface area (Å²) < 4.78 is 16.4. The molecular weight excluding hydrogens is 374 g/mol. The van der Waals surface area contributed by atoms with E-state index in [9.17, 15) is 9.59 Å². The minimum atomic E-state index is -0.877. The second-order valence-electron chi connectivity index (χ2n) is 6.81. The topological polar surface area (TPSA) is 94.3 Å². The first-order chi connectivity index (χ1) is 13.9. The molecule has 2 amide bonds. The fraction of sp³-hybridized carbons (Fsp3) is 0.333. The van der Waals surface area contributed by atoms with Crippen LogP contribution in [-0.4, -0.2) is 57.2 Å². The Morgan fingerprint density at radius 1 is 1.17 bits per heavy atom. The van der Waals surface area contributed by atoms with E-state index in [0.29, 0.717) is 29.5 Å². The van der Waals surface area contributed by atoms with Crippen molar-refractivity contribution in [3.8, 4) is 17.2 Å². The first-order valence-electron chi connectivity index (χ1n) is 9.18. The molecule has 0 unspecified atom stereocenters. The van der Waals surface area contributed by atoms with Crippen molar-refractivity contribution in [1.29, 1.82) is 0 Å². The highest BCUT2D eigenvalue weighted by Gasteiger charge is 2.32. The Kier molecular flexibility index (Phi) is 6.23. The third kappa shape index (κ3) is 4.43. The van der Waals surface area contributed by atoms with Crippen LogP contribution in [0.15, 0.2) is 42.5 Å². The van der Waals surface area contributed by atoms with Gasteiger partial charge in [-0.25, -0.2) is 0 Å². The number of ether oxygens (including phenoxy) is 3. The van der Waals surface area contributed by atoms with Crippen LogP contribution in [0.5, 0.6) is 17.2 Å². The first kappa shape index (κ1) is 20.5. The molecular formula is C21H25N3O5. The van der Waals surface area contributed by atoms with Crippen molar-refractivity contribution in [2.75, 3.05) is 39.3 Å². The van der Waals surface area contributed by atoms with Crippen LogP contribution < -0.4 is 24.8 Å². The lowest BCUT2D eigenvalue weighted by Gasteiger charge is -2.34. The number of anilines is 1. The minimum absolute atomic E-state index is 0.0848. The van der Waals surface area contributed by atoms with E-state index in [1.807, 2.05) is 36.2 Å². The fourth-order valence-electron chi connectivity index (χ4n) is 3.36. The molecule has 0 aliphatic carbocycles. The standard InChI is InChI=1S/C21H25N3O5/c1-23(11-14-7-6-10-17(27-2)20(14)28-3)13-19(25)24-12-18(21(22)26)29-16-9-5-4-8-15(16)24/h4-10,18H,11-13H2,1-3H3,(H2,22,26)/t18-/m1/s1. The van der Waals surface area contributed by atoms with Crippen LogP contribution in [0.1, 0.15) is 5.56 Å². The summed E-state index contributed by atoms with van der Waals surface area (Å²) in [7, 11) is 5.01. The lowest BCUT2D eigenvalue weighted by Crippen LogP contribution is -2.51. The average molecular weight is 399 g/mol. The molecule has 0 spiro atoms. The molecule has 0 radical (unpaired) electrons. The van der Waals surface area contributed by atoms with Gasteiger partial charge >= 0.3 is 0 Å². The van der Waals surface area contributed by atoms with Crippen molar-refractivity contribution in [2.24, 2.45) is 5.73 Å².